The molecule has 0 saturated heterocycles. The zero-order valence-corrected chi connectivity index (χ0v) is 15.5. The van der Waals surface area contributed by atoms with E-state index in [1.165, 1.54) is 5.39 Å². The number of hydrogen-bond donors (Lipinski definition) is 1. The molecule has 3 aromatic heterocycles. The van der Waals surface area contributed by atoms with Crippen LogP contribution in [0, 0.1) is 0 Å². The summed E-state index contributed by atoms with van der Waals surface area (Å²) in [5.41, 5.74) is 3.61. The highest BCUT2D eigenvalue weighted by Gasteiger charge is 2.16. The number of H-pyrrole nitrogens is 1. The molecule has 0 aliphatic carbocycles. The van der Waals surface area contributed by atoms with Gasteiger partial charge < -0.3 is 9.47 Å². The molecule has 0 fully saturated rings. The fraction of sp³-hybridized carbons (Fsp3) is 0.250. The number of aromatic amines is 1. The second kappa shape index (κ2) is 7.11. The van der Waals surface area contributed by atoms with Crippen molar-refractivity contribution < 1.29 is 4.79 Å². The molecule has 7 nitrogen and oxygen atoms in total. The lowest BCUT2D eigenvalue weighted by Crippen LogP contribution is -2.29. The number of aromatic nitrogens is 5. The predicted octanol–water partition coefficient (Wildman–Crippen LogP) is 2.46. The number of rotatable bonds is 6. The van der Waals surface area contributed by atoms with E-state index in [4.69, 9.17) is 0 Å². The number of para-hydroxylation sites is 1. The van der Waals surface area contributed by atoms with Gasteiger partial charge in [0, 0.05) is 38.6 Å². The number of nitrogens with one attached hydrogen (secondary N) is 1. The van der Waals surface area contributed by atoms with Crippen molar-refractivity contribution in [3.8, 4) is 0 Å². The van der Waals surface area contributed by atoms with E-state index in [9.17, 15) is 4.79 Å². The Kier molecular flexibility index (Phi) is 4.50. The highest BCUT2D eigenvalue weighted by Crippen LogP contribution is 2.16. The maximum absolute atomic E-state index is 12.6. The summed E-state index contributed by atoms with van der Waals surface area (Å²) in [6.07, 6.45) is 6.61. The highest BCUT2D eigenvalue weighted by atomic mass is 16.2. The van der Waals surface area contributed by atoms with Crippen LogP contribution in [-0.2, 0) is 20.0 Å². The molecule has 0 spiro atoms. The van der Waals surface area contributed by atoms with Gasteiger partial charge in [-0.15, -0.1) is 0 Å². The third-order valence-corrected chi connectivity index (χ3v) is 4.71. The van der Waals surface area contributed by atoms with Gasteiger partial charge in [0.1, 0.15) is 5.69 Å². The summed E-state index contributed by atoms with van der Waals surface area (Å²) in [5, 5.41) is 12.5. The second-order valence-electron chi connectivity index (χ2n) is 6.78. The van der Waals surface area contributed by atoms with Gasteiger partial charge in [-0.25, -0.2) is 0 Å². The minimum Gasteiger partial charge on any atom is -0.341 e. The number of carbonyl (C=O) groups excluding carboxylic acids is 1. The minimum absolute atomic E-state index is 0.0845. The van der Waals surface area contributed by atoms with Crippen molar-refractivity contribution in [1.29, 1.82) is 0 Å². The van der Waals surface area contributed by atoms with Gasteiger partial charge in [-0.3, -0.25) is 14.6 Å². The lowest BCUT2D eigenvalue weighted by molar-refractivity contribution is 0.0791. The van der Waals surface area contributed by atoms with E-state index in [-0.39, 0.29) is 5.91 Å². The average molecular weight is 362 g/mol. The molecule has 4 rings (SSSR count). The number of fused-ring (bicyclic) bond motifs is 1. The lowest BCUT2D eigenvalue weighted by atomic mass is 10.2. The van der Waals surface area contributed by atoms with Gasteiger partial charge >= 0.3 is 0 Å². The first-order valence-corrected chi connectivity index (χ1v) is 8.91. The van der Waals surface area contributed by atoms with Crippen molar-refractivity contribution in [2.24, 2.45) is 7.05 Å². The summed E-state index contributed by atoms with van der Waals surface area (Å²) in [4.78, 5) is 14.3. The Morgan fingerprint density at radius 3 is 2.93 bits per heavy atom. The van der Waals surface area contributed by atoms with Crippen LogP contribution in [0.1, 0.15) is 21.7 Å². The largest absolute Gasteiger partial charge is 0.341 e. The van der Waals surface area contributed by atoms with Crippen LogP contribution in [0.25, 0.3) is 10.9 Å². The molecule has 1 aromatic carbocycles. The molecule has 3 heterocycles. The molecule has 1 amide bonds. The van der Waals surface area contributed by atoms with Crippen LogP contribution in [0.3, 0.4) is 0 Å². The molecule has 4 aromatic rings. The average Bonchev–Trinajstić information content (AvgIpc) is 3.40. The Hall–Kier alpha value is -3.35. The second-order valence-corrected chi connectivity index (χ2v) is 6.78. The molecule has 0 aliphatic heterocycles. The standard InChI is InChI=1S/C20H22N6O/c1-24(9-7-15-12-21-25(2)13-15)20(27)18-11-17(22-23-18)14-26-10-8-16-5-3-4-6-19(16)26/h3-6,8,10-13H,7,9,14H2,1-2H3,(H,22,23). The number of aryl methyl sites for hydroxylation is 1. The zero-order chi connectivity index (χ0) is 18.8. The van der Waals surface area contributed by atoms with Gasteiger partial charge in [0.2, 0.25) is 0 Å². The van der Waals surface area contributed by atoms with Crippen molar-refractivity contribution in [2.75, 3.05) is 13.6 Å². The van der Waals surface area contributed by atoms with E-state index in [0.29, 0.717) is 18.8 Å². The fourth-order valence-electron chi connectivity index (χ4n) is 3.21. The monoisotopic (exact) mass is 362 g/mol. The van der Waals surface area contributed by atoms with Gasteiger partial charge in [0.15, 0.2) is 0 Å². The van der Waals surface area contributed by atoms with E-state index < -0.39 is 0 Å². The summed E-state index contributed by atoms with van der Waals surface area (Å²) in [6, 6.07) is 12.1. The molecular formula is C20H22N6O. The van der Waals surface area contributed by atoms with Crippen molar-refractivity contribution >= 4 is 16.8 Å². The smallest absolute Gasteiger partial charge is 0.274 e. The quantitative estimate of drug-likeness (QED) is 0.573. The molecule has 27 heavy (non-hydrogen) atoms. The van der Waals surface area contributed by atoms with Crippen LogP contribution in [-0.4, -0.2) is 48.9 Å². The van der Waals surface area contributed by atoms with Crippen LogP contribution in [0.15, 0.2) is 55.0 Å². The SMILES string of the molecule is CN(CCc1cnn(C)c1)C(=O)c1cc(Cn2ccc3ccccc32)[nH]n1. The van der Waals surface area contributed by atoms with E-state index in [0.717, 1.165) is 23.2 Å². The molecule has 1 N–H and O–H groups in total. The Morgan fingerprint density at radius 1 is 1.26 bits per heavy atom. The van der Waals surface area contributed by atoms with Gasteiger partial charge in [0.25, 0.3) is 5.91 Å². The van der Waals surface area contributed by atoms with Crippen LogP contribution in [0.4, 0.5) is 0 Å². The minimum atomic E-state index is -0.0845. The molecule has 0 bridgehead atoms. The molecule has 0 atom stereocenters. The van der Waals surface area contributed by atoms with Crippen molar-refractivity contribution in [2.45, 2.75) is 13.0 Å². The number of amides is 1. The molecular weight excluding hydrogens is 340 g/mol. The van der Waals surface area contributed by atoms with E-state index in [1.54, 1.807) is 16.6 Å². The molecule has 7 heteroatoms. The van der Waals surface area contributed by atoms with Crippen molar-refractivity contribution in [3.05, 3.63) is 71.9 Å². The predicted molar refractivity (Wildman–Crippen MR) is 104 cm³/mol. The first-order chi connectivity index (χ1) is 13.1. The van der Waals surface area contributed by atoms with Crippen molar-refractivity contribution in [1.82, 2.24) is 29.4 Å². The van der Waals surface area contributed by atoms with Crippen LogP contribution < -0.4 is 0 Å². The summed E-state index contributed by atoms with van der Waals surface area (Å²) in [6.45, 7) is 1.27. The number of carbonyl (C=O) groups is 1. The fourth-order valence-corrected chi connectivity index (χ4v) is 3.21. The summed E-state index contributed by atoms with van der Waals surface area (Å²) < 4.78 is 3.91. The molecule has 0 aliphatic rings. The highest BCUT2D eigenvalue weighted by molar-refractivity contribution is 5.92. The third kappa shape index (κ3) is 3.62. The number of benzene rings is 1. The Balaban J connectivity index is 1.41. The van der Waals surface area contributed by atoms with E-state index in [2.05, 4.69) is 38.1 Å². The van der Waals surface area contributed by atoms with Crippen molar-refractivity contribution in [3.63, 3.8) is 0 Å². The third-order valence-electron chi connectivity index (χ3n) is 4.71. The van der Waals surface area contributed by atoms with Crippen LogP contribution >= 0.6 is 0 Å². The van der Waals surface area contributed by atoms with Gasteiger partial charge in [0.05, 0.1) is 18.4 Å². The number of hydrogen-bond acceptors (Lipinski definition) is 3. The van der Waals surface area contributed by atoms with Crippen LogP contribution in [0.2, 0.25) is 0 Å². The van der Waals surface area contributed by atoms with Gasteiger partial charge in [-0.2, -0.15) is 10.2 Å². The number of nitrogens with zero attached hydrogens (tertiary/aromatic N) is 5. The van der Waals surface area contributed by atoms with Gasteiger partial charge in [-0.05, 0) is 35.6 Å². The van der Waals surface area contributed by atoms with Gasteiger partial charge in [-0.1, -0.05) is 18.2 Å². The number of likely N-dealkylation sites (N-methyl/N-ethyl adjacent to an activating group) is 1. The summed E-state index contributed by atoms with van der Waals surface area (Å²) in [5.74, 6) is -0.0845. The molecule has 0 saturated carbocycles. The molecule has 0 radical (unpaired) electrons. The molecule has 0 unspecified atom stereocenters. The lowest BCUT2D eigenvalue weighted by Gasteiger charge is -2.14. The summed E-state index contributed by atoms with van der Waals surface area (Å²) >= 11 is 0. The van der Waals surface area contributed by atoms with Crippen LogP contribution in [0.5, 0.6) is 0 Å². The van der Waals surface area contributed by atoms with E-state index >= 15 is 0 Å². The first kappa shape index (κ1) is 17.1. The first-order valence-electron chi connectivity index (χ1n) is 8.91. The molecule has 138 valence electrons. The maximum atomic E-state index is 12.6. The topological polar surface area (TPSA) is 71.7 Å². The van der Waals surface area contributed by atoms with E-state index in [1.807, 2.05) is 43.8 Å². The Labute approximate surface area is 157 Å². The normalized spacial score (nSPS) is 11.2. The maximum Gasteiger partial charge on any atom is 0.274 e. The Morgan fingerprint density at radius 2 is 2.11 bits per heavy atom. The Bertz CT molecular complexity index is 1070. The zero-order valence-electron chi connectivity index (χ0n) is 15.5. The summed E-state index contributed by atoms with van der Waals surface area (Å²) in [7, 11) is 3.68.